The van der Waals surface area contributed by atoms with Gasteiger partial charge in [-0.3, -0.25) is 4.79 Å². The van der Waals surface area contributed by atoms with Crippen LogP contribution in [0.1, 0.15) is 322 Å². The molecule has 0 saturated carbocycles. The van der Waals surface area contributed by atoms with Crippen molar-refractivity contribution in [2.45, 2.75) is 334 Å². The molecule has 3 N–H and O–H groups in total. The van der Waals surface area contributed by atoms with Gasteiger partial charge in [-0.05, 0) is 51.4 Å². The molecule has 1 amide bonds. The summed E-state index contributed by atoms with van der Waals surface area (Å²) in [6.07, 6.45) is 76.2. The summed E-state index contributed by atoms with van der Waals surface area (Å²) in [4.78, 5) is 12.4. The lowest BCUT2D eigenvalue weighted by Gasteiger charge is -2.20. The van der Waals surface area contributed by atoms with E-state index in [1.165, 1.54) is 270 Å². The molecular formula is C60H115NO3. The van der Waals surface area contributed by atoms with Gasteiger partial charge in [-0.2, -0.15) is 0 Å². The summed E-state index contributed by atoms with van der Waals surface area (Å²) in [6.45, 7) is 4.33. The van der Waals surface area contributed by atoms with Crippen LogP contribution in [0.5, 0.6) is 0 Å². The van der Waals surface area contributed by atoms with E-state index >= 15 is 0 Å². The molecule has 378 valence electrons. The molecular weight excluding hydrogens is 783 g/mol. The molecule has 0 radical (unpaired) electrons. The number of hydrogen-bond acceptors (Lipinski definition) is 3. The lowest BCUT2D eigenvalue weighted by atomic mass is 10.0. The first-order valence-electron chi connectivity index (χ1n) is 29.2. The van der Waals surface area contributed by atoms with Crippen molar-refractivity contribution in [2.75, 3.05) is 6.61 Å². The lowest BCUT2D eigenvalue weighted by molar-refractivity contribution is -0.123. The maximum Gasteiger partial charge on any atom is 0.220 e. The summed E-state index contributed by atoms with van der Waals surface area (Å²) in [7, 11) is 0. The Bertz CT molecular complexity index is 974. The predicted molar refractivity (Wildman–Crippen MR) is 285 cm³/mol. The van der Waals surface area contributed by atoms with E-state index in [4.69, 9.17) is 0 Å². The van der Waals surface area contributed by atoms with Crippen LogP contribution in [-0.2, 0) is 4.79 Å². The van der Waals surface area contributed by atoms with Gasteiger partial charge < -0.3 is 15.5 Å². The monoisotopic (exact) mass is 898 g/mol. The first-order valence-corrected chi connectivity index (χ1v) is 29.2. The van der Waals surface area contributed by atoms with Gasteiger partial charge in [0.05, 0.1) is 18.8 Å². The van der Waals surface area contributed by atoms with E-state index in [1.807, 2.05) is 6.08 Å². The molecule has 0 bridgehead atoms. The van der Waals surface area contributed by atoms with Crippen molar-refractivity contribution < 1.29 is 15.0 Å². The van der Waals surface area contributed by atoms with E-state index in [-0.39, 0.29) is 12.5 Å². The second-order valence-corrected chi connectivity index (χ2v) is 20.1. The maximum absolute atomic E-state index is 12.4. The molecule has 0 aliphatic heterocycles. The van der Waals surface area contributed by atoms with Gasteiger partial charge in [-0.1, -0.05) is 301 Å². The highest BCUT2D eigenvalue weighted by molar-refractivity contribution is 5.76. The highest BCUT2D eigenvalue weighted by atomic mass is 16.3. The molecule has 0 rings (SSSR count). The number of aliphatic hydroxyl groups excluding tert-OH is 2. The molecule has 0 saturated heterocycles. The van der Waals surface area contributed by atoms with Crippen molar-refractivity contribution >= 4 is 5.91 Å². The Morgan fingerprint density at radius 1 is 0.375 bits per heavy atom. The largest absolute Gasteiger partial charge is 0.394 e. The van der Waals surface area contributed by atoms with Crippen LogP contribution in [0.25, 0.3) is 0 Å². The summed E-state index contributed by atoms with van der Waals surface area (Å²) in [5.41, 5.74) is 0. The van der Waals surface area contributed by atoms with E-state index in [9.17, 15) is 15.0 Å². The standard InChI is InChI=1S/C60H115NO3/c1-3-5-7-9-11-13-15-17-18-19-20-21-22-23-24-25-26-27-28-29-30-31-32-33-34-35-36-37-38-39-40-41-42-44-46-48-50-52-54-56-60(64)61-58(57-62)59(63)55-53-51-49-47-45-43-16-14-12-10-8-6-4-2/h26-27,29-30,53,55,58-59,62-63H,3-25,28,31-52,54,56-57H2,1-2H3,(H,61,64)/b27-26-,30-29-,55-53+. The topological polar surface area (TPSA) is 69.6 Å². The lowest BCUT2D eigenvalue weighted by Crippen LogP contribution is -2.45. The number of rotatable bonds is 54. The fourth-order valence-electron chi connectivity index (χ4n) is 9.15. The zero-order valence-electron chi connectivity index (χ0n) is 43.6. The maximum atomic E-state index is 12.4. The fraction of sp³-hybridized carbons (Fsp3) is 0.883. The van der Waals surface area contributed by atoms with Gasteiger partial charge in [-0.25, -0.2) is 0 Å². The van der Waals surface area contributed by atoms with Crippen molar-refractivity contribution in [3.63, 3.8) is 0 Å². The zero-order chi connectivity index (χ0) is 46.3. The van der Waals surface area contributed by atoms with Crippen molar-refractivity contribution in [3.05, 3.63) is 36.5 Å². The van der Waals surface area contributed by atoms with E-state index < -0.39 is 12.1 Å². The van der Waals surface area contributed by atoms with Crippen LogP contribution < -0.4 is 5.32 Å². The van der Waals surface area contributed by atoms with Gasteiger partial charge in [0.1, 0.15) is 0 Å². The van der Waals surface area contributed by atoms with E-state index in [0.29, 0.717) is 6.42 Å². The van der Waals surface area contributed by atoms with Gasteiger partial charge in [-0.15, -0.1) is 0 Å². The quantitative estimate of drug-likeness (QED) is 0.0421. The van der Waals surface area contributed by atoms with Crippen molar-refractivity contribution in [2.24, 2.45) is 0 Å². The van der Waals surface area contributed by atoms with Gasteiger partial charge in [0.2, 0.25) is 5.91 Å². The summed E-state index contributed by atoms with van der Waals surface area (Å²) in [5, 5.41) is 23.1. The molecule has 0 aromatic heterocycles. The third-order valence-electron chi connectivity index (χ3n) is 13.6. The van der Waals surface area contributed by atoms with Crippen LogP contribution in [0.3, 0.4) is 0 Å². The van der Waals surface area contributed by atoms with Gasteiger partial charge in [0.25, 0.3) is 0 Å². The van der Waals surface area contributed by atoms with Crippen molar-refractivity contribution in [3.8, 4) is 0 Å². The minimum atomic E-state index is -0.837. The molecule has 0 aliphatic carbocycles. The van der Waals surface area contributed by atoms with Gasteiger partial charge in [0.15, 0.2) is 0 Å². The Balaban J connectivity index is 3.40. The summed E-state index contributed by atoms with van der Waals surface area (Å²) >= 11 is 0. The Kier molecular flexibility index (Phi) is 54.7. The number of hydrogen-bond donors (Lipinski definition) is 3. The number of allylic oxidation sites excluding steroid dienone is 5. The molecule has 4 heteroatoms. The Morgan fingerprint density at radius 2 is 0.641 bits per heavy atom. The minimum absolute atomic E-state index is 0.0609. The van der Waals surface area contributed by atoms with E-state index in [1.54, 1.807) is 6.08 Å². The Hall–Kier alpha value is -1.39. The van der Waals surface area contributed by atoms with Crippen LogP contribution >= 0.6 is 0 Å². The molecule has 0 aliphatic rings. The highest BCUT2D eigenvalue weighted by Gasteiger charge is 2.18. The molecule has 64 heavy (non-hydrogen) atoms. The van der Waals surface area contributed by atoms with Crippen LogP contribution in [0.15, 0.2) is 36.5 Å². The molecule has 4 nitrogen and oxygen atoms in total. The average Bonchev–Trinajstić information content (AvgIpc) is 3.30. The fourth-order valence-corrected chi connectivity index (χ4v) is 9.15. The summed E-state index contributed by atoms with van der Waals surface area (Å²) < 4.78 is 0. The molecule has 0 aromatic carbocycles. The second-order valence-electron chi connectivity index (χ2n) is 20.1. The number of amides is 1. The normalized spacial score (nSPS) is 13.0. The third-order valence-corrected chi connectivity index (χ3v) is 13.6. The number of nitrogens with one attached hydrogen (secondary N) is 1. The van der Waals surface area contributed by atoms with Crippen molar-refractivity contribution in [1.29, 1.82) is 0 Å². The molecule has 0 spiro atoms. The minimum Gasteiger partial charge on any atom is -0.394 e. The highest BCUT2D eigenvalue weighted by Crippen LogP contribution is 2.17. The summed E-state index contributed by atoms with van der Waals surface area (Å²) in [6, 6.07) is -0.620. The number of carbonyl (C=O) groups is 1. The van der Waals surface area contributed by atoms with Crippen LogP contribution in [-0.4, -0.2) is 34.9 Å². The summed E-state index contributed by atoms with van der Waals surface area (Å²) in [5.74, 6) is -0.0609. The number of aliphatic hydroxyl groups is 2. The molecule has 2 unspecified atom stereocenters. The average molecular weight is 899 g/mol. The van der Waals surface area contributed by atoms with E-state index in [2.05, 4.69) is 43.5 Å². The Morgan fingerprint density at radius 3 is 0.938 bits per heavy atom. The van der Waals surface area contributed by atoms with Crippen LogP contribution in [0, 0.1) is 0 Å². The van der Waals surface area contributed by atoms with E-state index in [0.717, 1.165) is 32.1 Å². The first kappa shape index (κ1) is 62.6. The van der Waals surface area contributed by atoms with Crippen LogP contribution in [0.4, 0.5) is 0 Å². The second kappa shape index (κ2) is 55.9. The Labute approximate surface area is 402 Å². The molecule has 0 heterocycles. The van der Waals surface area contributed by atoms with Gasteiger partial charge in [0, 0.05) is 6.42 Å². The van der Waals surface area contributed by atoms with Crippen molar-refractivity contribution in [1.82, 2.24) is 5.32 Å². The first-order chi connectivity index (χ1) is 31.7. The predicted octanol–water partition coefficient (Wildman–Crippen LogP) is 19.3. The van der Waals surface area contributed by atoms with Gasteiger partial charge >= 0.3 is 0 Å². The molecule has 0 fully saturated rings. The number of carbonyl (C=O) groups excluding carboxylic acids is 1. The smallest absolute Gasteiger partial charge is 0.220 e. The SMILES string of the molecule is CCCCCCCCCCCCC/C=C/C(O)C(CO)NC(=O)CCCCCCCCCCCCCCCCCCC/C=C\C/C=C\CCCCCCCCCCCCCCCCC. The zero-order valence-corrected chi connectivity index (χ0v) is 43.6. The third kappa shape index (κ3) is 51.6. The number of unbranched alkanes of at least 4 members (excludes halogenated alkanes) is 43. The molecule has 0 aromatic rings. The molecule has 2 atom stereocenters. The van der Waals surface area contributed by atoms with Crippen LogP contribution in [0.2, 0.25) is 0 Å².